The molecule has 76 valence electrons. The highest BCUT2D eigenvalue weighted by Gasteiger charge is 2.09. The summed E-state index contributed by atoms with van der Waals surface area (Å²) in [6.07, 6.45) is 0.825. The van der Waals surface area contributed by atoms with E-state index in [-0.39, 0.29) is 11.2 Å². The molecule has 0 saturated carbocycles. The Morgan fingerprint density at radius 2 is 2.00 bits per heavy atom. The van der Waals surface area contributed by atoms with Crippen molar-refractivity contribution < 1.29 is 9.90 Å². The first-order valence-electron chi connectivity index (χ1n) is 4.18. The Morgan fingerprint density at radius 3 is 2.50 bits per heavy atom. The van der Waals surface area contributed by atoms with E-state index in [0.29, 0.717) is 11.4 Å². The summed E-state index contributed by atoms with van der Waals surface area (Å²) < 4.78 is 0. The van der Waals surface area contributed by atoms with Gasteiger partial charge >= 0.3 is 5.97 Å². The van der Waals surface area contributed by atoms with Crippen molar-refractivity contribution in [3.63, 3.8) is 0 Å². The molecule has 1 unspecified atom stereocenters. The molecule has 0 saturated heterocycles. The molecule has 0 aliphatic carbocycles. The third kappa shape index (κ3) is 4.11. The zero-order chi connectivity index (χ0) is 10.6. The smallest absolute Gasteiger partial charge is 0.304 e. The lowest BCUT2D eigenvalue weighted by Gasteiger charge is -2.06. The highest BCUT2D eigenvalue weighted by atomic mass is 79.9. The first kappa shape index (κ1) is 11.5. The standard InChI is InChI=1S/C10H10BrClO2/c11-8(6-10(13)14)5-7-1-3-9(12)4-2-7/h1-4,8H,5-6H2,(H,13,14). The van der Waals surface area contributed by atoms with Crippen molar-refractivity contribution in [1.29, 1.82) is 0 Å². The molecule has 0 fully saturated rings. The molecule has 0 aliphatic rings. The van der Waals surface area contributed by atoms with Gasteiger partial charge in [0.05, 0.1) is 6.42 Å². The highest BCUT2D eigenvalue weighted by molar-refractivity contribution is 9.09. The molecule has 2 nitrogen and oxygen atoms in total. The van der Waals surface area contributed by atoms with Crippen LogP contribution in [0.4, 0.5) is 0 Å². The molecular formula is C10H10BrClO2. The molecule has 0 spiro atoms. The molecule has 1 aromatic carbocycles. The van der Waals surface area contributed by atoms with Crippen molar-refractivity contribution in [2.24, 2.45) is 0 Å². The van der Waals surface area contributed by atoms with E-state index < -0.39 is 5.97 Å². The van der Waals surface area contributed by atoms with Gasteiger partial charge in [0.15, 0.2) is 0 Å². The summed E-state index contributed by atoms with van der Waals surface area (Å²) in [5, 5.41) is 9.25. The maximum atomic E-state index is 10.4. The Bertz CT molecular complexity index is 310. The summed E-state index contributed by atoms with van der Waals surface area (Å²) in [5.41, 5.74) is 1.08. The number of carboxylic acid groups (broad SMARTS) is 1. The van der Waals surface area contributed by atoms with Gasteiger partial charge < -0.3 is 5.11 Å². The molecule has 0 radical (unpaired) electrons. The average Bonchev–Trinajstić information content (AvgIpc) is 2.07. The maximum absolute atomic E-state index is 10.4. The van der Waals surface area contributed by atoms with Gasteiger partial charge in [-0.1, -0.05) is 39.7 Å². The van der Waals surface area contributed by atoms with Gasteiger partial charge in [-0.15, -0.1) is 0 Å². The molecule has 0 aliphatic heterocycles. The number of aliphatic carboxylic acids is 1. The minimum Gasteiger partial charge on any atom is -0.481 e. The topological polar surface area (TPSA) is 37.3 Å². The van der Waals surface area contributed by atoms with E-state index >= 15 is 0 Å². The minimum absolute atomic E-state index is 0.0267. The van der Waals surface area contributed by atoms with Crippen LogP contribution in [-0.4, -0.2) is 15.9 Å². The van der Waals surface area contributed by atoms with Gasteiger partial charge in [-0.05, 0) is 24.1 Å². The van der Waals surface area contributed by atoms with Crippen molar-refractivity contribution in [2.45, 2.75) is 17.7 Å². The number of rotatable bonds is 4. The Kier molecular flexibility index (Phi) is 4.42. The molecule has 0 bridgehead atoms. The summed E-state index contributed by atoms with van der Waals surface area (Å²) in [6, 6.07) is 7.41. The number of carbonyl (C=O) groups is 1. The number of halogens is 2. The number of hydrogen-bond donors (Lipinski definition) is 1. The Hall–Kier alpha value is -0.540. The van der Waals surface area contributed by atoms with E-state index in [9.17, 15) is 4.79 Å². The van der Waals surface area contributed by atoms with E-state index in [1.54, 1.807) is 12.1 Å². The number of alkyl halides is 1. The first-order chi connectivity index (χ1) is 6.58. The normalized spacial score (nSPS) is 12.4. The van der Waals surface area contributed by atoms with Gasteiger partial charge in [0.2, 0.25) is 0 Å². The minimum atomic E-state index is -0.791. The second-order valence-corrected chi connectivity index (χ2v) is 4.76. The molecular weight excluding hydrogens is 267 g/mol. The molecule has 0 amide bonds. The van der Waals surface area contributed by atoms with Crippen molar-refractivity contribution in [1.82, 2.24) is 0 Å². The second kappa shape index (κ2) is 5.37. The first-order valence-corrected chi connectivity index (χ1v) is 5.47. The molecule has 14 heavy (non-hydrogen) atoms. The zero-order valence-electron chi connectivity index (χ0n) is 7.41. The third-order valence-corrected chi connectivity index (χ3v) is 2.67. The lowest BCUT2D eigenvalue weighted by Crippen LogP contribution is -2.09. The van der Waals surface area contributed by atoms with E-state index in [4.69, 9.17) is 16.7 Å². The molecule has 1 atom stereocenters. The zero-order valence-corrected chi connectivity index (χ0v) is 9.75. The van der Waals surface area contributed by atoms with Crippen molar-refractivity contribution in [3.8, 4) is 0 Å². The predicted octanol–water partition coefficient (Wildman–Crippen LogP) is 3.12. The van der Waals surface area contributed by atoms with Gasteiger partial charge in [-0.3, -0.25) is 4.79 Å². The molecule has 0 aromatic heterocycles. The highest BCUT2D eigenvalue weighted by Crippen LogP contribution is 2.15. The summed E-state index contributed by atoms with van der Waals surface area (Å²) in [7, 11) is 0. The maximum Gasteiger partial charge on any atom is 0.304 e. The number of benzene rings is 1. The van der Waals surface area contributed by atoms with Crippen LogP contribution in [0.5, 0.6) is 0 Å². The average molecular weight is 278 g/mol. The molecule has 1 aromatic rings. The second-order valence-electron chi connectivity index (χ2n) is 3.03. The SMILES string of the molecule is O=C(O)CC(Br)Cc1ccc(Cl)cc1. The Labute approximate surface area is 96.0 Å². The number of carboxylic acids is 1. The van der Waals surface area contributed by atoms with E-state index in [2.05, 4.69) is 15.9 Å². The van der Waals surface area contributed by atoms with Crippen molar-refractivity contribution in [3.05, 3.63) is 34.9 Å². The number of hydrogen-bond acceptors (Lipinski definition) is 1. The van der Waals surface area contributed by atoms with Crippen LogP contribution in [0.25, 0.3) is 0 Å². The van der Waals surface area contributed by atoms with Crippen LogP contribution in [0, 0.1) is 0 Å². The summed E-state index contributed by atoms with van der Waals surface area (Å²) in [4.78, 5) is 10.4. The van der Waals surface area contributed by atoms with Gasteiger partial charge in [0, 0.05) is 9.85 Å². The van der Waals surface area contributed by atoms with Gasteiger partial charge in [-0.2, -0.15) is 0 Å². The lowest BCUT2D eigenvalue weighted by atomic mass is 10.1. The summed E-state index contributed by atoms with van der Waals surface area (Å²) in [5.74, 6) is -0.791. The van der Waals surface area contributed by atoms with Crippen LogP contribution in [0.3, 0.4) is 0 Å². The monoisotopic (exact) mass is 276 g/mol. The summed E-state index contributed by atoms with van der Waals surface area (Å²) >= 11 is 9.05. The van der Waals surface area contributed by atoms with Crippen molar-refractivity contribution in [2.75, 3.05) is 0 Å². The Morgan fingerprint density at radius 1 is 1.43 bits per heavy atom. The largest absolute Gasteiger partial charge is 0.481 e. The van der Waals surface area contributed by atoms with Gasteiger partial charge in [-0.25, -0.2) is 0 Å². The van der Waals surface area contributed by atoms with Crippen LogP contribution in [0.1, 0.15) is 12.0 Å². The van der Waals surface area contributed by atoms with Gasteiger partial charge in [0.1, 0.15) is 0 Å². The van der Waals surface area contributed by atoms with Crippen LogP contribution in [-0.2, 0) is 11.2 Å². The fourth-order valence-electron chi connectivity index (χ4n) is 1.14. The van der Waals surface area contributed by atoms with Crippen molar-refractivity contribution >= 4 is 33.5 Å². The Balaban J connectivity index is 2.51. The molecule has 0 heterocycles. The van der Waals surface area contributed by atoms with Crippen LogP contribution in [0.15, 0.2) is 24.3 Å². The fraction of sp³-hybridized carbons (Fsp3) is 0.300. The third-order valence-electron chi connectivity index (χ3n) is 1.77. The molecule has 4 heteroatoms. The van der Waals surface area contributed by atoms with E-state index in [1.807, 2.05) is 12.1 Å². The lowest BCUT2D eigenvalue weighted by molar-refractivity contribution is -0.136. The molecule has 1 N–H and O–H groups in total. The van der Waals surface area contributed by atoms with Crippen LogP contribution < -0.4 is 0 Å². The van der Waals surface area contributed by atoms with Crippen LogP contribution in [0.2, 0.25) is 5.02 Å². The fourth-order valence-corrected chi connectivity index (χ4v) is 1.91. The summed E-state index contributed by atoms with van der Waals surface area (Å²) in [6.45, 7) is 0. The van der Waals surface area contributed by atoms with Crippen LogP contribution >= 0.6 is 27.5 Å². The van der Waals surface area contributed by atoms with E-state index in [0.717, 1.165) is 5.56 Å². The molecule has 1 rings (SSSR count). The van der Waals surface area contributed by atoms with E-state index in [1.165, 1.54) is 0 Å². The predicted molar refractivity (Wildman–Crippen MR) is 60.1 cm³/mol. The quantitative estimate of drug-likeness (QED) is 0.859. The van der Waals surface area contributed by atoms with Gasteiger partial charge in [0.25, 0.3) is 0 Å².